The van der Waals surface area contributed by atoms with Gasteiger partial charge in [-0.2, -0.15) is 0 Å². The number of amides is 2. The highest BCUT2D eigenvalue weighted by Crippen LogP contribution is 2.44. The topological polar surface area (TPSA) is 90.9 Å². The number of halogens is 2. The van der Waals surface area contributed by atoms with Crippen LogP contribution < -0.4 is 15.0 Å². The molecule has 38 heavy (non-hydrogen) atoms. The van der Waals surface area contributed by atoms with Crippen molar-refractivity contribution in [1.29, 1.82) is 0 Å². The van der Waals surface area contributed by atoms with Crippen LogP contribution in [0.2, 0.25) is 0 Å². The minimum atomic E-state index is -0.969. The lowest BCUT2D eigenvalue weighted by molar-refractivity contribution is -0.132. The molecule has 5 rings (SSSR count). The number of benzene rings is 1. The first-order valence-corrected chi connectivity index (χ1v) is 13.2. The fraction of sp³-hybridized carbons (Fsp3) is 0.556. The van der Waals surface area contributed by atoms with Crippen LogP contribution >= 0.6 is 0 Å². The van der Waals surface area contributed by atoms with Gasteiger partial charge in [-0.3, -0.25) is 9.59 Å². The van der Waals surface area contributed by atoms with Crippen molar-refractivity contribution >= 4 is 17.6 Å². The van der Waals surface area contributed by atoms with E-state index in [9.17, 15) is 18.4 Å². The molecule has 9 nitrogen and oxygen atoms in total. The van der Waals surface area contributed by atoms with Crippen molar-refractivity contribution in [2.75, 3.05) is 44.2 Å². The molecule has 4 heterocycles. The summed E-state index contributed by atoms with van der Waals surface area (Å²) in [7, 11) is 0. The summed E-state index contributed by atoms with van der Waals surface area (Å²) in [4.78, 5) is 40.1. The zero-order valence-electron chi connectivity index (χ0n) is 22.0. The Kier molecular flexibility index (Phi) is 7.21. The molecule has 2 aromatic rings. The van der Waals surface area contributed by atoms with E-state index in [1.807, 2.05) is 25.7 Å². The lowest BCUT2D eigenvalue weighted by Gasteiger charge is -2.48. The third-order valence-electron chi connectivity index (χ3n) is 7.75. The van der Waals surface area contributed by atoms with E-state index in [4.69, 9.17) is 4.74 Å². The molecule has 1 spiro atoms. The van der Waals surface area contributed by atoms with Gasteiger partial charge < -0.3 is 24.8 Å². The molecule has 1 aromatic carbocycles. The van der Waals surface area contributed by atoms with Crippen molar-refractivity contribution in [3.8, 4) is 11.5 Å². The number of carbonyl (C=O) groups is 2. The minimum Gasteiger partial charge on any atom is -0.451 e. The number of hydrogen-bond donors (Lipinski definition) is 1. The van der Waals surface area contributed by atoms with Crippen molar-refractivity contribution in [2.45, 2.75) is 51.9 Å². The summed E-state index contributed by atoms with van der Waals surface area (Å²) in [6.45, 7) is 9.03. The molecule has 0 saturated carbocycles. The Balaban J connectivity index is 1.29. The standard InChI is InChI=1S/C27H34F2N6O3/c1-4-35(17(2)3)25(36)20-9-18(28)5-6-22(20)38-23-12-30-16-32-24(23)34-14-27(15-34)7-8-33(13-27)26(37)21-10-19(29)11-31-21/h5-6,9,12,16-17,19,21,31H,4,7-8,10-11,13-15H2,1-3H3/t19-,21+/m1/s1. The van der Waals surface area contributed by atoms with E-state index in [0.29, 0.717) is 44.3 Å². The van der Waals surface area contributed by atoms with Gasteiger partial charge >= 0.3 is 0 Å². The van der Waals surface area contributed by atoms with Gasteiger partial charge in [0, 0.05) is 57.1 Å². The molecule has 0 bridgehead atoms. The van der Waals surface area contributed by atoms with Crippen molar-refractivity contribution in [3.05, 3.63) is 42.1 Å². The first kappa shape index (κ1) is 26.3. The van der Waals surface area contributed by atoms with Gasteiger partial charge in [-0.1, -0.05) is 0 Å². The number of aromatic nitrogens is 2. The Morgan fingerprint density at radius 2 is 2.05 bits per heavy atom. The maximum absolute atomic E-state index is 14.2. The molecule has 3 aliphatic rings. The van der Waals surface area contributed by atoms with Gasteiger partial charge in [-0.15, -0.1) is 0 Å². The van der Waals surface area contributed by atoms with E-state index >= 15 is 0 Å². The van der Waals surface area contributed by atoms with Gasteiger partial charge in [-0.05, 0) is 45.4 Å². The summed E-state index contributed by atoms with van der Waals surface area (Å²) >= 11 is 0. The molecule has 3 aliphatic heterocycles. The molecule has 3 fully saturated rings. The predicted molar refractivity (Wildman–Crippen MR) is 137 cm³/mol. The molecule has 0 unspecified atom stereocenters. The molecule has 11 heteroatoms. The first-order valence-electron chi connectivity index (χ1n) is 13.2. The number of likely N-dealkylation sites (tertiary alicyclic amines) is 1. The highest BCUT2D eigenvalue weighted by Gasteiger charge is 2.50. The molecule has 0 aliphatic carbocycles. The first-order chi connectivity index (χ1) is 18.2. The number of rotatable bonds is 7. The average Bonchev–Trinajstić information content (AvgIpc) is 3.51. The number of nitrogens with zero attached hydrogens (tertiary/aromatic N) is 5. The second kappa shape index (κ2) is 10.4. The quantitative estimate of drug-likeness (QED) is 0.591. The lowest BCUT2D eigenvalue weighted by atomic mass is 9.79. The van der Waals surface area contributed by atoms with E-state index in [2.05, 4.69) is 20.2 Å². The molecule has 204 valence electrons. The lowest BCUT2D eigenvalue weighted by Crippen LogP contribution is -2.58. The monoisotopic (exact) mass is 528 g/mol. The summed E-state index contributed by atoms with van der Waals surface area (Å²) in [5.74, 6) is 0.310. The second-order valence-corrected chi connectivity index (χ2v) is 10.8. The highest BCUT2D eigenvalue weighted by molar-refractivity contribution is 5.97. The number of ether oxygens (including phenoxy) is 1. The summed E-state index contributed by atoms with van der Waals surface area (Å²) < 4.78 is 33.9. The summed E-state index contributed by atoms with van der Waals surface area (Å²) in [6, 6.07) is 3.40. The second-order valence-electron chi connectivity index (χ2n) is 10.8. The smallest absolute Gasteiger partial charge is 0.257 e. The van der Waals surface area contributed by atoms with E-state index < -0.39 is 18.0 Å². The van der Waals surface area contributed by atoms with E-state index in [1.165, 1.54) is 30.7 Å². The van der Waals surface area contributed by atoms with Crippen LogP contribution in [0.4, 0.5) is 14.6 Å². The Labute approximate surface area is 221 Å². The highest BCUT2D eigenvalue weighted by atomic mass is 19.1. The number of nitrogens with one attached hydrogen (secondary N) is 1. The van der Waals surface area contributed by atoms with Crippen molar-refractivity contribution in [3.63, 3.8) is 0 Å². The fourth-order valence-electron chi connectivity index (χ4n) is 5.79. The van der Waals surface area contributed by atoms with Gasteiger partial charge in [0.25, 0.3) is 5.91 Å². The van der Waals surface area contributed by atoms with Crippen molar-refractivity contribution in [1.82, 2.24) is 25.1 Å². The molecular weight excluding hydrogens is 494 g/mol. The van der Waals surface area contributed by atoms with Gasteiger partial charge in [0.1, 0.15) is 24.1 Å². The predicted octanol–water partition coefficient (Wildman–Crippen LogP) is 3.02. The van der Waals surface area contributed by atoms with Crippen LogP contribution in [-0.4, -0.2) is 89.1 Å². The summed E-state index contributed by atoms with van der Waals surface area (Å²) in [6.07, 6.45) is 3.10. The van der Waals surface area contributed by atoms with Gasteiger partial charge in [-0.25, -0.2) is 18.7 Å². The molecule has 3 saturated heterocycles. The van der Waals surface area contributed by atoms with Crippen LogP contribution in [0.25, 0.3) is 0 Å². The molecular formula is C27H34F2N6O3. The third kappa shape index (κ3) is 5.03. The van der Waals surface area contributed by atoms with E-state index in [0.717, 1.165) is 6.42 Å². The Morgan fingerprint density at radius 3 is 2.74 bits per heavy atom. The van der Waals surface area contributed by atoms with Gasteiger partial charge in [0.2, 0.25) is 5.91 Å². The van der Waals surface area contributed by atoms with Crippen molar-refractivity contribution in [2.24, 2.45) is 5.41 Å². The normalized spacial score (nSPS) is 22.2. The van der Waals surface area contributed by atoms with Crippen LogP contribution in [0.3, 0.4) is 0 Å². The third-order valence-corrected chi connectivity index (χ3v) is 7.75. The zero-order valence-corrected chi connectivity index (χ0v) is 22.0. The minimum absolute atomic E-state index is 0.0254. The summed E-state index contributed by atoms with van der Waals surface area (Å²) in [5.41, 5.74) is 0.0815. The number of alkyl halides is 1. The van der Waals surface area contributed by atoms with Crippen LogP contribution in [0, 0.1) is 11.2 Å². The molecule has 2 atom stereocenters. The van der Waals surface area contributed by atoms with Crippen LogP contribution in [-0.2, 0) is 4.79 Å². The number of carbonyl (C=O) groups excluding carboxylic acids is 2. The summed E-state index contributed by atoms with van der Waals surface area (Å²) in [5, 5.41) is 2.98. The van der Waals surface area contributed by atoms with Gasteiger partial charge in [0.05, 0.1) is 17.8 Å². The zero-order chi connectivity index (χ0) is 27.0. The molecule has 2 amide bonds. The van der Waals surface area contributed by atoms with Crippen LogP contribution in [0.5, 0.6) is 11.5 Å². The maximum Gasteiger partial charge on any atom is 0.257 e. The largest absolute Gasteiger partial charge is 0.451 e. The van der Waals surface area contributed by atoms with E-state index in [-0.39, 0.29) is 47.5 Å². The maximum atomic E-state index is 14.2. The van der Waals surface area contributed by atoms with Crippen LogP contribution in [0.1, 0.15) is 44.0 Å². The fourth-order valence-corrected chi connectivity index (χ4v) is 5.79. The molecule has 1 aromatic heterocycles. The van der Waals surface area contributed by atoms with E-state index in [1.54, 1.807) is 4.90 Å². The Bertz CT molecular complexity index is 1210. The molecule has 0 radical (unpaired) electrons. The number of anilines is 1. The van der Waals surface area contributed by atoms with Gasteiger partial charge in [0.15, 0.2) is 11.6 Å². The Hall–Kier alpha value is -3.34. The average molecular weight is 529 g/mol. The number of hydrogen-bond acceptors (Lipinski definition) is 7. The van der Waals surface area contributed by atoms with Crippen molar-refractivity contribution < 1.29 is 23.1 Å². The molecule has 1 N–H and O–H groups in total. The Morgan fingerprint density at radius 1 is 1.26 bits per heavy atom. The van der Waals surface area contributed by atoms with Crippen LogP contribution in [0.15, 0.2) is 30.7 Å². The SMILES string of the molecule is CCN(C(=O)c1cc(F)ccc1Oc1cncnc1N1CC2(CCN(C(=O)[C@@H]3C[C@@H](F)CN3)C2)C1)C(C)C.